The topological polar surface area (TPSA) is 164 Å². The van der Waals surface area contributed by atoms with Crippen LogP contribution in [0.25, 0.3) is 27.3 Å². The maximum atomic E-state index is 12.8. The number of ether oxygens (including phenoxy) is 2. The van der Waals surface area contributed by atoms with Crippen molar-refractivity contribution in [1.82, 2.24) is 9.62 Å². The number of allylic oxidation sites excluding steroid dienone is 1. The summed E-state index contributed by atoms with van der Waals surface area (Å²) in [6.45, 7) is 4.71. The zero-order valence-electron chi connectivity index (χ0n) is 22.8. The predicted molar refractivity (Wildman–Crippen MR) is 161 cm³/mol. The molecule has 5 N–H and O–H groups in total. The summed E-state index contributed by atoms with van der Waals surface area (Å²) in [5.41, 5.74) is 2.04. The Labute approximate surface area is 248 Å². The second kappa shape index (κ2) is 13.6. The number of morpholine rings is 1. The molecule has 0 aliphatic carbocycles. The van der Waals surface area contributed by atoms with Crippen molar-refractivity contribution < 1.29 is 33.2 Å². The van der Waals surface area contributed by atoms with Crippen LogP contribution in [0.4, 0.5) is 5.69 Å². The molecule has 224 valence electrons. The van der Waals surface area contributed by atoms with E-state index in [9.17, 15) is 29.0 Å². The van der Waals surface area contributed by atoms with Gasteiger partial charge >= 0.3 is 0 Å². The van der Waals surface area contributed by atoms with E-state index in [0.29, 0.717) is 4.88 Å². The lowest BCUT2D eigenvalue weighted by Crippen LogP contribution is -2.56. The van der Waals surface area contributed by atoms with Gasteiger partial charge in [0, 0.05) is 48.2 Å². The highest BCUT2D eigenvalue weighted by atomic mass is 32.2. The lowest BCUT2D eigenvalue weighted by molar-refractivity contribution is -0.184. The summed E-state index contributed by atoms with van der Waals surface area (Å²) in [6, 6.07) is 17.8. The fourth-order valence-electron chi connectivity index (χ4n) is 4.89. The standard InChI is InChI=1S/C29H34N4O7S2/c30-16-24(42(37,38)32-17-26-29(36)28(35)25(34)18-40-26)15-23-5-6-27(41-23)21-2-1-20-14-22(4-3-19(20)13-21)31-7-8-33-9-11-39-12-10-33/h1-6,13-15,25-26,28-29,31-32,34-36H,7-12,17-18H2/b24-15+/t25-,26+,28+,29+/m0/s1. The highest BCUT2D eigenvalue weighted by Gasteiger charge is 2.38. The zero-order chi connectivity index (χ0) is 29.7. The van der Waals surface area contributed by atoms with Crippen LogP contribution >= 0.6 is 11.3 Å². The molecule has 0 radical (unpaired) electrons. The van der Waals surface area contributed by atoms with E-state index in [1.165, 1.54) is 17.4 Å². The monoisotopic (exact) mass is 614 g/mol. The predicted octanol–water partition coefficient (Wildman–Crippen LogP) is 1.58. The van der Waals surface area contributed by atoms with Crippen LogP contribution in [0, 0.1) is 11.3 Å². The van der Waals surface area contributed by atoms with Crippen molar-refractivity contribution in [2.75, 3.05) is 57.9 Å². The number of aliphatic hydroxyl groups excluding tert-OH is 3. The number of nitrogens with one attached hydrogen (secondary N) is 2. The molecular weight excluding hydrogens is 580 g/mol. The number of anilines is 1. The van der Waals surface area contributed by atoms with Crippen molar-refractivity contribution in [3.8, 4) is 16.5 Å². The number of fused-ring (bicyclic) bond motifs is 1. The first-order valence-corrected chi connectivity index (χ1v) is 16.0. The third kappa shape index (κ3) is 7.35. The Morgan fingerprint density at radius 1 is 1.07 bits per heavy atom. The van der Waals surface area contributed by atoms with Crippen LogP contribution in [0.2, 0.25) is 0 Å². The highest BCUT2D eigenvalue weighted by molar-refractivity contribution is 7.93. The molecule has 3 aromatic rings. The number of nitrogens with zero attached hydrogens (tertiary/aromatic N) is 2. The molecule has 0 unspecified atom stereocenters. The zero-order valence-corrected chi connectivity index (χ0v) is 24.5. The Morgan fingerprint density at radius 3 is 2.62 bits per heavy atom. The van der Waals surface area contributed by atoms with Crippen LogP contribution in [0.3, 0.4) is 0 Å². The molecule has 0 amide bonds. The van der Waals surface area contributed by atoms with Crippen LogP contribution in [0.5, 0.6) is 0 Å². The number of hydrogen-bond donors (Lipinski definition) is 5. The van der Waals surface area contributed by atoms with Gasteiger partial charge in [-0.05, 0) is 52.7 Å². The Morgan fingerprint density at radius 2 is 1.83 bits per heavy atom. The normalized spacial score (nSPS) is 24.0. The van der Waals surface area contributed by atoms with Gasteiger partial charge in [-0.15, -0.1) is 11.3 Å². The first-order valence-electron chi connectivity index (χ1n) is 13.7. The first kappa shape index (κ1) is 30.6. The van der Waals surface area contributed by atoms with E-state index in [0.717, 1.165) is 66.3 Å². The van der Waals surface area contributed by atoms with Crippen LogP contribution in [-0.4, -0.2) is 106 Å². The third-order valence-electron chi connectivity index (χ3n) is 7.37. The van der Waals surface area contributed by atoms with E-state index in [-0.39, 0.29) is 13.2 Å². The van der Waals surface area contributed by atoms with Gasteiger partial charge in [-0.25, -0.2) is 13.1 Å². The summed E-state index contributed by atoms with van der Waals surface area (Å²) in [5.74, 6) is 0. The number of nitriles is 1. The van der Waals surface area contributed by atoms with Gasteiger partial charge in [-0.1, -0.05) is 18.2 Å². The molecule has 2 aliphatic rings. The molecule has 2 aliphatic heterocycles. The van der Waals surface area contributed by atoms with E-state index in [4.69, 9.17) is 9.47 Å². The van der Waals surface area contributed by atoms with E-state index < -0.39 is 39.3 Å². The fraction of sp³-hybridized carbons (Fsp3) is 0.414. The summed E-state index contributed by atoms with van der Waals surface area (Å²) < 4.78 is 38.5. The largest absolute Gasteiger partial charge is 0.388 e. The second-order valence-corrected chi connectivity index (χ2v) is 13.1. The van der Waals surface area contributed by atoms with Crippen molar-refractivity contribution in [1.29, 1.82) is 5.26 Å². The van der Waals surface area contributed by atoms with E-state index in [2.05, 4.69) is 45.3 Å². The van der Waals surface area contributed by atoms with Gasteiger partial charge in [0.2, 0.25) is 0 Å². The molecule has 2 aromatic carbocycles. The van der Waals surface area contributed by atoms with Crippen molar-refractivity contribution >= 4 is 43.9 Å². The quantitative estimate of drug-likeness (QED) is 0.212. The molecule has 2 fully saturated rings. The minimum Gasteiger partial charge on any atom is -0.388 e. The average molecular weight is 615 g/mol. The Kier molecular flexibility index (Phi) is 9.89. The number of aliphatic hydroxyl groups is 3. The fourth-order valence-corrected chi connectivity index (χ4v) is 6.86. The number of sulfonamides is 1. The molecule has 0 saturated carbocycles. The number of rotatable bonds is 10. The SMILES string of the molecule is N#C/C(=C\c1ccc(-c2ccc3cc(NCCN4CCOCC4)ccc3c2)s1)S(=O)(=O)NC[C@H]1OC[C@H](O)[C@@H](O)[C@@H]1O. The van der Waals surface area contributed by atoms with Crippen LogP contribution in [-0.2, 0) is 19.5 Å². The van der Waals surface area contributed by atoms with E-state index in [1.54, 1.807) is 12.1 Å². The van der Waals surface area contributed by atoms with Crippen molar-refractivity contribution in [3.63, 3.8) is 0 Å². The van der Waals surface area contributed by atoms with Crippen molar-refractivity contribution in [2.45, 2.75) is 24.4 Å². The van der Waals surface area contributed by atoms with Gasteiger partial charge in [0.25, 0.3) is 10.0 Å². The number of hydrogen-bond acceptors (Lipinski definition) is 11. The van der Waals surface area contributed by atoms with Crippen molar-refractivity contribution in [3.05, 3.63) is 58.3 Å². The molecule has 1 aromatic heterocycles. The molecule has 0 spiro atoms. The summed E-state index contributed by atoms with van der Waals surface area (Å²) >= 11 is 1.36. The maximum absolute atomic E-state index is 12.8. The maximum Gasteiger partial charge on any atom is 0.250 e. The summed E-state index contributed by atoms with van der Waals surface area (Å²) in [4.78, 5) is 3.40. The molecule has 42 heavy (non-hydrogen) atoms. The van der Waals surface area contributed by atoms with E-state index in [1.807, 2.05) is 12.1 Å². The van der Waals surface area contributed by atoms with Gasteiger partial charge in [-0.2, -0.15) is 5.26 Å². The second-order valence-electron chi connectivity index (χ2n) is 10.3. The third-order valence-corrected chi connectivity index (χ3v) is 9.78. The van der Waals surface area contributed by atoms with Gasteiger partial charge in [0.05, 0.1) is 25.9 Å². The van der Waals surface area contributed by atoms with Crippen LogP contribution in [0.15, 0.2) is 53.4 Å². The molecule has 2 saturated heterocycles. The Balaban J connectivity index is 1.22. The summed E-state index contributed by atoms with van der Waals surface area (Å²) in [6.07, 6.45) is -3.97. The number of thiophene rings is 1. The smallest absolute Gasteiger partial charge is 0.250 e. The first-order chi connectivity index (χ1) is 20.2. The average Bonchev–Trinajstić information content (AvgIpc) is 3.47. The Bertz CT molecular complexity index is 1560. The lowest BCUT2D eigenvalue weighted by Gasteiger charge is -2.35. The molecule has 0 bridgehead atoms. The van der Waals surface area contributed by atoms with Gasteiger partial charge in [0.15, 0.2) is 4.91 Å². The molecule has 5 rings (SSSR count). The minimum absolute atomic E-state index is 0.244. The van der Waals surface area contributed by atoms with E-state index >= 15 is 0 Å². The molecular formula is C29H34N4O7S2. The lowest BCUT2D eigenvalue weighted by atomic mass is 10.0. The molecule has 3 heterocycles. The van der Waals surface area contributed by atoms with Crippen LogP contribution in [0.1, 0.15) is 4.88 Å². The summed E-state index contributed by atoms with van der Waals surface area (Å²) in [7, 11) is -4.22. The van der Waals surface area contributed by atoms with Gasteiger partial charge in [0.1, 0.15) is 24.4 Å². The van der Waals surface area contributed by atoms with Gasteiger partial charge < -0.3 is 30.1 Å². The minimum atomic E-state index is -4.22. The Hall–Kier alpha value is -2.90. The number of benzene rings is 2. The van der Waals surface area contributed by atoms with Crippen LogP contribution < -0.4 is 10.0 Å². The molecule has 13 heteroatoms. The highest BCUT2D eigenvalue weighted by Crippen LogP contribution is 2.32. The summed E-state index contributed by atoms with van der Waals surface area (Å²) in [5, 5.41) is 44.7. The van der Waals surface area contributed by atoms with Crippen molar-refractivity contribution in [2.24, 2.45) is 0 Å². The molecule has 4 atom stereocenters. The molecule has 11 nitrogen and oxygen atoms in total. The van der Waals surface area contributed by atoms with Gasteiger partial charge in [-0.3, -0.25) is 4.90 Å².